The summed E-state index contributed by atoms with van der Waals surface area (Å²) in [6, 6.07) is 15.1. The number of hydrogen-bond acceptors (Lipinski definition) is 3. The number of nitrogens with one attached hydrogen (secondary N) is 1. The fourth-order valence-corrected chi connectivity index (χ4v) is 2.43. The predicted molar refractivity (Wildman–Crippen MR) is 87.4 cm³/mol. The molecule has 0 amide bonds. The molecule has 0 fully saturated rings. The van der Waals surface area contributed by atoms with E-state index < -0.39 is 0 Å². The first-order valence-electron chi connectivity index (χ1n) is 7.32. The molecule has 0 bridgehead atoms. The summed E-state index contributed by atoms with van der Waals surface area (Å²) < 4.78 is 0. The summed E-state index contributed by atoms with van der Waals surface area (Å²) in [6.07, 6.45) is 4.51. The Hall–Kier alpha value is -2.42. The number of benzene rings is 2. The third-order valence-corrected chi connectivity index (χ3v) is 3.74. The number of anilines is 1. The molecule has 2 aromatic carbocycles. The van der Waals surface area contributed by atoms with Gasteiger partial charge in [-0.2, -0.15) is 0 Å². The van der Waals surface area contributed by atoms with Crippen LogP contribution in [0.25, 0.3) is 11.0 Å². The van der Waals surface area contributed by atoms with E-state index in [-0.39, 0.29) is 6.04 Å². The Kier molecular flexibility index (Phi) is 3.82. The summed E-state index contributed by atoms with van der Waals surface area (Å²) in [6.45, 7) is 4.34. The van der Waals surface area contributed by atoms with E-state index in [2.05, 4.69) is 53.4 Å². The molecule has 3 aromatic rings. The van der Waals surface area contributed by atoms with E-state index in [4.69, 9.17) is 0 Å². The van der Waals surface area contributed by atoms with Crippen molar-refractivity contribution < 1.29 is 0 Å². The molecule has 3 heteroatoms. The lowest BCUT2D eigenvalue weighted by molar-refractivity contribution is 0.883. The number of aromatic nitrogens is 2. The Bertz CT molecular complexity index is 735. The van der Waals surface area contributed by atoms with Crippen LogP contribution >= 0.6 is 0 Å². The highest BCUT2D eigenvalue weighted by Gasteiger charge is 2.06. The molecule has 0 spiro atoms. The fourth-order valence-electron chi connectivity index (χ4n) is 2.43. The molecule has 0 saturated heterocycles. The van der Waals surface area contributed by atoms with E-state index in [1.54, 1.807) is 12.4 Å². The smallest absolute Gasteiger partial charge is 0.0907 e. The largest absolute Gasteiger partial charge is 0.378 e. The average molecular weight is 277 g/mol. The van der Waals surface area contributed by atoms with Crippen molar-refractivity contribution in [2.24, 2.45) is 0 Å². The molecule has 1 aromatic heterocycles. The molecule has 1 unspecified atom stereocenters. The Morgan fingerprint density at radius 3 is 2.38 bits per heavy atom. The molecule has 0 aliphatic rings. The molecule has 3 rings (SSSR count). The van der Waals surface area contributed by atoms with E-state index in [1.807, 2.05) is 18.2 Å². The molecule has 3 nitrogen and oxygen atoms in total. The fraction of sp³-hybridized carbons (Fsp3) is 0.222. The lowest BCUT2D eigenvalue weighted by atomic mass is 10.0. The SMILES string of the molecule is CCc1ccc(C(C)Nc2ccc3nccnc3c2)cc1. The van der Waals surface area contributed by atoms with Crippen LogP contribution in [0.15, 0.2) is 54.9 Å². The molecule has 1 atom stereocenters. The van der Waals surface area contributed by atoms with Gasteiger partial charge in [0.05, 0.1) is 11.0 Å². The summed E-state index contributed by atoms with van der Waals surface area (Å²) >= 11 is 0. The zero-order valence-corrected chi connectivity index (χ0v) is 12.4. The molecule has 0 saturated carbocycles. The zero-order chi connectivity index (χ0) is 14.7. The Morgan fingerprint density at radius 2 is 1.67 bits per heavy atom. The van der Waals surface area contributed by atoms with Gasteiger partial charge in [-0.15, -0.1) is 0 Å². The highest BCUT2D eigenvalue weighted by molar-refractivity contribution is 5.78. The van der Waals surface area contributed by atoms with Gasteiger partial charge in [0.1, 0.15) is 0 Å². The monoisotopic (exact) mass is 277 g/mol. The topological polar surface area (TPSA) is 37.8 Å². The maximum Gasteiger partial charge on any atom is 0.0907 e. The highest BCUT2D eigenvalue weighted by atomic mass is 14.9. The molecule has 1 N–H and O–H groups in total. The second-order valence-corrected chi connectivity index (χ2v) is 5.22. The maximum absolute atomic E-state index is 4.34. The normalized spacial score (nSPS) is 12.3. The average Bonchev–Trinajstić information content (AvgIpc) is 2.55. The van der Waals surface area contributed by atoms with Gasteiger partial charge >= 0.3 is 0 Å². The van der Waals surface area contributed by atoms with Crippen molar-refractivity contribution in [3.8, 4) is 0 Å². The minimum atomic E-state index is 0.255. The van der Waals surface area contributed by atoms with Gasteiger partial charge in [0, 0.05) is 24.1 Å². The standard InChI is InChI=1S/C18H19N3/c1-3-14-4-6-15(7-5-14)13(2)21-16-8-9-17-18(12-16)20-11-10-19-17/h4-13,21H,3H2,1-2H3. The number of aryl methyl sites for hydroxylation is 1. The zero-order valence-electron chi connectivity index (χ0n) is 12.4. The van der Waals surface area contributed by atoms with Crippen molar-refractivity contribution in [2.75, 3.05) is 5.32 Å². The summed E-state index contributed by atoms with van der Waals surface area (Å²) in [5.74, 6) is 0. The van der Waals surface area contributed by atoms with Crippen LogP contribution in [0.1, 0.15) is 31.0 Å². The summed E-state index contributed by atoms with van der Waals surface area (Å²) in [5, 5.41) is 3.52. The van der Waals surface area contributed by atoms with Crippen LogP contribution in [-0.2, 0) is 6.42 Å². The molecule has 0 radical (unpaired) electrons. The van der Waals surface area contributed by atoms with Crippen LogP contribution in [0.3, 0.4) is 0 Å². The van der Waals surface area contributed by atoms with Crippen LogP contribution < -0.4 is 5.32 Å². The van der Waals surface area contributed by atoms with Gasteiger partial charge in [0.2, 0.25) is 0 Å². The van der Waals surface area contributed by atoms with Crippen LogP contribution in [0.5, 0.6) is 0 Å². The second kappa shape index (κ2) is 5.92. The first kappa shape index (κ1) is 13.6. The van der Waals surface area contributed by atoms with Crippen molar-refractivity contribution >= 4 is 16.7 Å². The predicted octanol–water partition coefficient (Wildman–Crippen LogP) is 4.37. The lowest BCUT2D eigenvalue weighted by Gasteiger charge is -2.16. The van der Waals surface area contributed by atoms with Crippen LogP contribution in [-0.4, -0.2) is 9.97 Å². The number of fused-ring (bicyclic) bond motifs is 1. The van der Waals surface area contributed by atoms with Crippen molar-refractivity contribution in [3.05, 3.63) is 66.0 Å². The summed E-state index contributed by atoms with van der Waals surface area (Å²) in [7, 11) is 0. The number of rotatable bonds is 4. The lowest BCUT2D eigenvalue weighted by Crippen LogP contribution is -2.06. The third kappa shape index (κ3) is 3.02. The first-order valence-corrected chi connectivity index (χ1v) is 7.32. The third-order valence-electron chi connectivity index (χ3n) is 3.74. The van der Waals surface area contributed by atoms with E-state index in [9.17, 15) is 0 Å². The van der Waals surface area contributed by atoms with Crippen molar-refractivity contribution in [1.82, 2.24) is 9.97 Å². The van der Waals surface area contributed by atoms with Crippen LogP contribution in [0, 0.1) is 0 Å². The molecule has 0 aliphatic carbocycles. The second-order valence-electron chi connectivity index (χ2n) is 5.22. The summed E-state index contributed by atoms with van der Waals surface area (Å²) in [5.41, 5.74) is 5.55. The van der Waals surface area contributed by atoms with E-state index in [0.29, 0.717) is 0 Å². The summed E-state index contributed by atoms with van der Waals surface area (Å²) in [4.78, 5) is 8.63. The quantitative estimate of drug-likeness (QED) is 0.769. The van der Waals surface area contributed by atoms with E-state index in [1.165, 1.54) is 11.1 Å². The van der Waals surface area contributed by atoms with Crippen molar-refractivity contribution in [2.45, 2.75) is 26.3 Å². The Labute approximate surface area is 125 Å². The van der Waals surface area contributed by atoms with Gasteiger partial charge in [-0.25, -0.2) is 0 Å². The van der Waals surface area contributed by atoms with Crippen molar-refractivity contribution in [1.29, 1.82) is 0 Å². The van der Waals surface area contributed by atoms with Gasteiger partial charge in [0.15, 0.2) is 0 Å². The number of nitrogens with zero attached hydrogens (tertiary/aromatic N) is 2. The van der Waals surface area contributed by atoms with E-state index >= 15 is 0 Å². The highest BCUT2D eigenvalue weighted by Crippen LogP contribution is 2.22. The van der Waals surface area contributed by atoms with Crippen LogP contribution in [0.4, 0.5) is 5.69 Å². The van der Waals surface area contributed by atoms with E-state index in [0.717, 1.165) is 23.1 Å². The first-order chi connectivity index (χ1) is 10.3. The molecular weight excluding hydrogens is 258 g/mol. The molecular formula is C18H19N3. The Balaban J connectivity index is 1.79. The maximum atomic E-state index is 4.34. The van der Waals surface area contributed by atoms with Gasteiger partial charge in [-0.05, 0) is 42.7 Å². The minimum Gasteiger partial charge on any atom is -0.378 e. The number of hydrogen-bond donors (Lipinski definition) is 1. The van der Waals surface area contributed by atoms with Gasteiger partial charge in [-0.3, -0.25) is 9.97 Å². The van der Waals surface area contributed by atoms with Gasteiger partial charge in [0.25, 0.3) is 0 Å². The van der Waals surface area contributed by atoms with Crippen LogP contribution in [0.2, 0.25) is 0 Å². The molecule has 0 aliphatic heterocycles. The molecule has 106 valence electrons. The molecule has 21 heavy (non-hydrogen) atoms. The molecule has 1 heterocycles. The Morgan fingerprint density at radius 1 is 0.952 bits per heavy atom. The van der Waals surface area contributed by atoms with Gasteiger partial charge < -0.3 is 5.32 Å². The minimum absolute atomic E-state index is 0.255. The van der Waals surface area contributed by atoms with Crippen molar-refractivity contribution in [3.63, 3.8) is 0 Å². The van der Waals surface area contributed by atoms with Gasteiger partial charge in [-0.1, -0.05) is 31.2 Å².